The van der Waals surface area contributed by atoms with Crippen molar-refractivity contribution in [2.45, 2.75) is 26.1 Å². The number of nitrogens with one attached hydrogen (secondary N) is 1. The molecule has 1 N–H and O–H groups in total. The summed E-state index contributed by atoms with van der Waals surface area (Å²) in [7, 11) is 1.42. The average molecular weight is 434 g/mol. The van der Waals surface area contributed by atoms with Crippen LogP contribution in [0.1, 0.15) is 19.4 Å². The first kappa shape index (κ1) is 22.3. The molecule has 0 aliphatic heterocycles. The minimum absolute atomic E-state index is 0.0706. The Morgan fingerprint density at radius 1 is 1.10 bits per heavy atom. The number of benzene rings is 2. The lowest BCUT2D eigenvalue weighted by atomic mass is 10.1. The predicted octanol–water partition coefficient (Wildman–Crippen LogP) is 4.33. The van der Waals surface area contributed by atoms with Crippen molar-refractivity contribution in [1.29, 1.82) is 0 Å². The summed E-state index contributed by atoms with van der Waals surface area (Å²) >= 11 is 0. The summed E-state index contributed by atoms with van der Waals surface area (Å²) in [5.41, 5.74) is 0.833. The summed E-state index contributed by atoms with van der Waals surface area (Å²) in [4.78, 5) is 16.0. The fraction of sp³-hybridized carbons (Fsp3) is 0.286. The Morgan fingerprint density at radius 2 is 1.74 bits per heavy atom. The Labute approximate surface area is 176 Å². The van der Waals surface area contributed by atoms with Crippen LogP contribution in [0.15, 0.2) is 48.5 Å². The summed E-state index contributed by atoms with van der Waals surface area (Å²) in [5, 5.41) is 7.02. The van der Waals surface area contributed by atoms with E-state index in [4.69, 9.17) is 9.47 Å². The average Bonchev–Trinajstić information content (AvgIpc) is 3.11. The Kier molecular flexibility index (Phi) is 6.59. The molecule has 0 saturated carbocycles. The third-order valence-corrected chi connectivity index (χ3v) is 4.07. The summed E-state index contributed by atoms with van der Waals surface area (Å²) in [5.74, 6) is 0.0228. The SMILES string of the molecule is COCC(=O)Nc1ccc(-n2nc(OC(C)C)nc2-c2ccc(C(F)(F)F)cc2)cc1. The standard InChI is InChI=1S/C21H21F3N4O3/c1-13(2)31-20-26-19(14-4-6-15(7-5-14)21(22,23)24)28(27-20)17-10-8-16(9-11-17)25-18(29)12-30-3/h4-11,13H,12H2,1-3H3,(H,25,29). The maximum Gasteiger partial charge on any atom is 0.416 e. The highest BCUT2D eigenvalue weighted by molar-refractivity contribution is 5.91. The van der Waals surface area contributed by atoms with Crippen molar-refractivity contribution in [3.05, 3.63) is 54.1 Å². The zero-order chi connectivity index (χ0) is 22.6. The molecule has 7 nitrogen and oxygen atoms in total. The van der Waals surface area contributed by atoms with E-state index >= 15 is 0 Å². The van der Waals surface area contributed by atoms with Crippen LogP contribution in [0.5, 0.6) is 6.01 Å². The molecule has 3 rings (SSSR count). The number of hydrogen-bond donors (Lipinski definition) is 1. The number of anilines is 1. The molecule has 0 fully saturated rings. The zero-order valence-electron chi connectivity index (χ0n) is 17.1. The summed E-state index contributed by atoms with van der Waals surface area (Å²) < 4.78 is 50.5. The molecule has 3 aromatic rings. The molecule has 0 unspecified atom stereocenters. The number of carbonyl (C=O) groups excluding carboxylic acids is 1. The topological polar surface area (TPSA) is 78.3 Å². The molecule has 0 aliphatic carbocycles. The molecule has 0 bridgehead atoms. The number of halogens is 3. The van der Waals surface area contributed by atoms with Gasteiger partial charge in [-0.1, -0.05) is 12.1 Å². The number of amides is 1. The van der Waals surface area contributed by atoms with E-state index in [1.54, 1.807) is 24.3 Å². The van der Waals surface area contributed by atoms with Gasteiger partial charge >= 0.3 is 12.2 Å². The molecule has 0 saturated heterocycles. The van der Waals surface area contributed by atoms with Crippen molar-refractivity contribution in [2.24, 2.45) is 0 Å². The Bertz CT molecular complexity index is 1030. The molecule has 10 heteroatoms. The Balaban J connectivity index is 1.95. The number of aromatic nitrogens is 3. The van der Waals surface area contributed by atoms with Gasteiger partial charge in [0.2, 0.25) is 5.91 Å². The van der Waals surface area contributed by atoms with Gasteiger partial charge in [0.25, 0.3) is 0 Å². The van der Waals surface area contributed by atoms with E-state index in [0.29, 0.717) is 22.8 Å². The quantitative estimate of drug-likeness (QED) is 0.599. The fourth-order valence-electron chi connectivity index (χ4n) is 2.74. The monoisotopic (exact) mass is 434 g/mol. The second-order valence-corrected chi connectivity index (χ2v) is 6.90. The van der Waals surface area contributed by atoms with Gasteiger partial charge in [0.05, 0.1) is 17.4 Å². The van der Waals surface area contributed by atoms with Gasteiger partial charge in [0.15, 0.2) is 5.82 Å². The zero-order valence-corrected chi connectivity index (χ0v) is 17.1. The van der Waals surface area contributed by atoms with Crippen molar-refractivity contribution < 1.29 is 27.4 Å². The van der Waals surface area contributed by atoms with E-state index in [0.717, 1.165) is 12.1 Å². The Hall–Kier alpha value is -3.40. The number of rotatable bonds is 7. The van der Waals surface area contributed by atoms with E-state index in [9.17, 15) is 18.0 Å². The number of nitrogens with zero attached hydrogens (tertiary/aromatic N) is 3. The van der Waals surface area contributed by atoms with Crippen LogP contribution in [0.4, 0.5) is 18.9 Å². The third kappa shape index (κ3) is 5.60. The second-order valence-electron chi connectivity index (χ2n) is 6.90. The van der Waals surface area contributed by atoms with Gasteiger partial charge in [-0.3, -0.25) is 4.79 Å². The van der Waals surface area contributed by atoms with Crippen LogP contribution in [-0.2, 0) is 15.7 Å². The first-order valence-electron chi connectivity index (χ1n) is 9.38. The van der Waals surface area contributed by atoms with E-state index in [1.807, 2.05) is 13.8 Å². The minimum Gasteiger partial charge on any atom is -0.460 e. The van der Waals surface area contributed by atoms with E-state index in [1.165, 1.54) is 23.9 Å². The molecule has 1 amide bonds. The molecule has 1 heterocycles. The fourth-order valence-corrected chi connectivity index (χ4v) is 2.74. The molecule has 0 aliphatic rings. The van der Waals surface area contributed by atoms with Gasteiger partial charge in [-0.15, -0.1) is 5.10 Å². The first-order chi connectivity index (χ1) is 14.7. The molecular formula is C21H21F3N4O3. The van der Waals surface area contributed by atoms with Crippen LogP contribution < -0.4 is 10.1 Å². The van der Waals surface area contributed by atoms with Gasteiger partial charge < -0.3 is 14.8 Å². The predicted molar refractivity (Wildman–Crippen MR) is 108 cm³/mol. The number of carbonyl (C=O) groups is 1. The normalized spacial score (nSPS) is 11.6. The summed E-state index contributed by atoms with van der Waals surface area (Å²) in [6.45, 7) is 3.56. The maximum atomic E-state index is 12.9. The van der Waals surface area contributed by atoms with Crippen LogP contribution in [-0.4, -0.2) is 40.5 Å². The number of alkyl halides is 3. The highest BCUT2D eigenvalue weighted by Gasteiger charge is 2.30. The summed E-state index contributed by atoms with van der Waals surface area (Å²) in [6.07, 6.45) is -4.61. The lowest BCUT2D eigenvalue weighted by Crippen LogP contribution is -2.17. The molecule has 0 spiro atoms. The van der Waals surface area contributed by atoms with Crippen molar-refractivity contribution in [3.8, 4) is 23.1 Å². The Morgan fingerprint density at radius 3 is 2.29 bits per heavy atom. The van der Waals surface area contributed by atoms with Crippen LogP contribution >= 0.6 is 0 Å². The largest absolute Gasteiger partial charge is 0.460 e. The lowest BCUT2D eigenvalue weighted by Gasteiger charge is -2.09. The number of ether oxygens (including phenoxy) is 2. The molecule has 31 heavy (non-hydrogen) atoms. The molecule has 164 valence electrons. The van der Waals surface area contributed by atoms with Crippen molar-refractivity contribution in [2.75, 3.05) is 19.0 Å². The van der Waals surface area contributed by atoms with Gasteiger partial charge in [0, 0.05) is 18.4 Å². The van der Waals surface area contributed by atoms with Crippen LogP contribution in [0.3, 0.4) is 0 Å². The van der Waals surface area contributed by atoms with E-state index < -0.39 is 11.7 Å². The van der Waals surface area contributed by atoms with Crippen LogP contribution in [0.2, 0.25) is 0 Å². The third-order valence-electron chi connectivity index (χ3n) is 4.07. The minimum atomic E-state index is -4.43. The van der Waals surface area contributed by atoms with Gasteiger partial charge in [-0.2, -0.15) is 18.2 Å². The lowest BCUT2D eigenvalue weighted by molar-refractivity contribution is -0.137. The van der Waals surface area contributed by atoms with Gasteiger partial charge in [-0.05, 0) is 50.2 Å². The van der Waals surface area contributed by atoms with Crippen molar-refractivity contribution in [3.63, 3.8) is 0 Å². The number of hydrogen-bond acceptors (Lipinski definition) is 5. The maximum absolute atomic E-state index is 12.9. The molecule has 0 radical (unpaired) electrons. The molecular weight excluding hydrogens is 413 g/mol. The van der Waals surface area contributed by atoms with Gasteiger partial charge in [-0.25, -0.2) is 4.68 Å². The van der Waals surface area contributed by atoms with Crippen molar-refractivity contribution in [1.82, 2.24) is 14.8 Å². The van der Waals surface area contributed by atoms with Crippen molar-refractivity contribution >= 4 is 11.6 Å². The first-order valence-corrected chi connectivity index (χ1v) is 9.38. The highest BCUT2D eigenvalue weighted by Crippen LogP contribution is 2.31. The molecule has 0 atom stereocenters. The smallest absolute Gasteiger partial charge is 0.416 e. The van der Waals surface area contributed by atoms with E-state index in [2.05, 4.69) is 15.4 Å². The second kappa shape index (κ2) is 9.17. The van der Waals surface area contributed by atoms with Crippen LogP contribution in [0.25, 0.3) is 17.1 Å². The van der Waals surface area contributed by atoms with E-state index in [-0.39, 0.29) is 24.6 Å². The highest BCUT2D eigenvalue weighted by atomic mass is 19.4. The summed E-state index contributed by atoms with van der Waals surface area (Å²) in [6, 6.07) is 11.5. The molecule has 1 aromatic heterocycles. The van der Waals surface area contributed by atoms with Crippen LogP contribution in [0, 0.1) is 0 Å². The molecule has 2 aromatic carbocycles. The number of methoxy groups -OCH3 is 1. The van der Waals surface area contributed by atoms with Gasteiger partial charge in [0.1, 0.15) is 6.61 Å².